The Bertz CT molecular complexity index is 1590. The lowest BCUT2D eigenvalue weighted by Crippen LogP contribution is -2.62. The maximum atomic E-state index is 12.1. The molecule has 0 spiro atoms. The molecule has 2 N–H and O–H groups in total. The molecule has 0 bridgehead atoms. The molecule has 5 heterocycles. The second-order valence-corrected chi connectivity index (χ2v) is 13.1. The van der Waals surface area contributed by atoms with E-state index in [4.69, 9.17) is 29.7 Å². The predicted molar refractivity (Wildman–Crippen MR) is 162 cm³/mol. The number of pyridine rings is 1. The monoisotopic (exact) mass is 603 g/mol. The maximum absolute atomic E-state index is 12.1. The second-order valence-electron chi connectivity index (χ2n) is 12.0. The van der Waals surface area contributed by atoms with Crippen molar-refractivity contribution >= 4 is 22.2 Å². The van der Waals surface area contributed by atoms with Gasteiger partial charge in [0.2, 0.25) is 23.5 Å². The van der Waals surface area contributed by atoms with Crippen LogP contribution in [0.4, 0.5) is 5.00 Å². The van der Waals surface area contributed by atoms with E-state index in [-0.39, 0.29) is 30.2 Å². The molecule has 11 nitrogen and oxygen atoms in total. The first-order valence-corrected chi connectivity index (χ1v) is 15.6. The number of rotatable bonds is 8. The van der Waals surface area contributed by atoms with Crippen molar-refractivity contribution in [2.75, 3.05) is 25.9 Å². The second kappa shape index (κ2) is 11.3. The smallest absolute Gasteiger partial charge is 0.246 e. The van der Waals surface area contributed by atoms with Crippen LogP contribution in [0.5, 0.6) is 11.6 Å². The zero-order chi connectivity index (χ0) is 30.5. The number of nitrogens with two attached hydrogens (primary N) is 1. The highest BCUT2D eigenvalue weighted by Gasteiger charge is 2.43. The molecule has 2 saturated heterocycles. The van der Waals surface area contributed by atoms with E-state index in [1.165, 1.54) is 17.4 Å². The molecule has 0 radical (unpaired) electrons. The molecule has 0 saturated carbocycles. The van der Waals surface area contributed by atoms with Crippen LogP contribution in [-0.2, 0) is 16.6 Å². The number of aryl methyl sites for hydroxylation is 1. The van der Waals surface area contributed by atoms with Crippen LogP contribution in [0.25, 0.3) is 11.5 Å². The lowest BCUT2D eigenvalue weighted by molar-refractivity contribution is -0.141. The number of carbonyl (C=O) groups excluding carboxylic acids is 1. The third-order valence-electron chi connectivity index (χ3n) is 9.23. The molecule has 2 fully saturated rings. The summed E-state index contributed by atoms with van der Waals surface area (Å²) in [6, 6.07) is 6.02. The maximum Gasteiger partial charge on any atom is 0.246 e. The number of likely N-dealkylation sites (N-methyl/N-ethyl adjacent to an activating group) is 1. The van der Waals surface area contributed by atoms with E-state index in [1.807, 2.05) is 13.8 Å². The molecule has 6 rings (SSSR count). The topological polar surface area (TPSA) is 144 Å². The molecule has 0 aromatic carbocycles. The summed E-state index contributed by atoms with van der Waals surface area (Å²) in [6.45, 7) is 11.1. The van der Waals surface area contributed by atoms with Gasteiger partial charge in [0.1, 0.15) is 34.7 Å². The van der Waals surface area contributed by atoms with Gasteiger partial charge in [-0.05, 0) is 72.5 Å². The van der Waals surface area contributed by atoms with E-state index < -0.39 is 5.41 Å². The summed E-state index contributed by atoms with van der Waals surface area (Å²) in [5, 5.41) is 14.7. The summed E-state index contributed by atoms with van der Waals surface area (Å²) in [5.41, 5.74) is 7.41. The number of likely N-dealkylation sites (tertiary alicyclic amines) is 2. The minimum atomic E-state index is -0.643. The van der Waals surface area contributed by atoms with Gasteiger partial charge in [0.25, 0.3) is 0 Å². The first-order valence-electron chi connectivity index (χ1n) is 14.8. The molecule has 3 aromatic rings. The number of carbonyl (C=O) groups is 1. The van der Waals surface area contributed by atoms with Gasteiger partial charge < -0.3 is 24.6 Å². The zero-order valence-corrected chi connectivity index (χ0v) is 25.8. The fraction of sp³-hybridized carbons (Fsp3) is 0.516. The molecule has 1 aliphatic carbocycles. The first kappa shape index (κ1) is 29.1. The predicted octanol–water partition coefficient (Wildman–Crippen LogP) is 4.31. The third-order valence-corrected chi connectivity index (χ3v) is 10.3. The van der Waals surface area contributed by atoms with Gasteiger partial charge in [-0.25, -0.2) is 4.98 Å². The minimum absolute atomic E-state index is 0.0970. The van der Waals surface area contributed by atoms with E-state index in [0.717, 1.165) is 49.1 Å². The van der Waals surface area contributed by atoms with Crippen molar-refractivity contribution in [2.45, 2.75) is 82.6 Å². The van der Waals surface area contributed by atoms with Crippen molar-refractivity contribution in [3.05, 3.63) is 46.7 Å². The Balaban J connectivity index is 1.32. The number of aromatic nitrogens is 3. The van der Waals surface area contributed by atoms with E-state index in [9.17, 15) is 10.1 Å². The van der Waals surface area contributed by atoms with Gasteiger partial charge in [0.05, 0.1) is 23.6 Å². The van der Waals surface area contributed by atoms with Crippen LogP contribution in [0.2, 0.25) is 0 Å². The van der Waals surface area contributed by atoms with Crippen molar-refractivity contribution in [1.29, 1.82) is 5.26 Å². The summed E-state index contributed by atoms with van der Waals surface area (Å²) in [5.74, 6) is 1.55. The van der Waals surface area contributed by atoms with Crippen molar-refractivity contribution < 1.29 is 18.8 Å². The average Bonchev–Trinajstić information content (AvgIpc) is 3.73. The largest absolute Gasteiger partial charge is 0.486 e. The standard InChI is InChI=1S/C31H37N7O4S/c1-6-26(39)38-16-23(17(38)2)41-19-13-21(34-25(14-19)40-18(3)22-9-8-12-37(22)5)29-35-30(42-36-29)31(4)11-7-10-24-27(31)20(15-32)28(33)43-24/h6,13-14,17-18,22-23H,1,7-12,16,33H2,2-5H3/t17-,18+,22+,23+,31+/m1/s1. The van der Waals surface area contributed by atoms with Gasteiger partial charge in [-0.1, -0.05) is 11.7 Å². The lowest BCUT2D eigenvalue weighted by Gasteiger charge is -2.45. The highest BCUT2D eigenvalue weighted by molar-refractivity contribution is 7.16. The molecular formula is C31H37N7O4S. The molecule has 226 valence electrons. The number of anilines is 1. The summed E-state index contributed by atoms with van der Waals surface area (Å²) < 4.78 is 18.6. The van der Waals surface area contributed by atoms with E-state index >= 15 is 0 Å². The van der Waals surface area contributed by atoms with E-state index in [2.05, 4.69) is 36.7 Å². The lowest BCUT2D eigenvalue weighted by atomic mass is 9.72. The summed E-state index contributed by atoms with van der Waals surface area (Å²) in [6.07, 6.45) is 5.75. The highest BCUT2D eigenvalue weighted by Crippen LogP contribution is 2.48. The van der Waals surface area contributed by atoms with Crippen LogP contribution < -0.4 is 15.2 Å². The first-order chi connectivity index (χ1) is 20.6. The van der Waals surface area contributed by atoms with Crippen LogP contribution in [0, 0.1) is 11.3 Å². The molecule has 3 aromatic heterocycles. The van der Waals surface area contributed by atoms with Gasteiger partial charge in [0.15, 0.2) is 0 Å². The van der Waals surface area contributed by atoms with Gasteiger partial charge in [-0.15, -0.1) is 11.3 Å². The van der Waals surface area contributed by atoms with Crippen LogP contribution >= 0.6 is 11.3 Å². The minimum Gasteiger partial charge on any atom is -0.486 e. The molecular weight excluding hydrogens is 566 g/mol. The molecule has 43 heavy (non-hydrogen) atoms. The molecule has 0 unspecified atom stereocenters. The number of thiophene rings is 1. The molecule has 1 amide bonds. The fourth-order valence-corrected chi connectivity index (χ4v) is 7.87. The van der Waals surface area contributed by atoms with Gasteiger partial charge in [-0.2, -0.15) is 10.2 Å². The van der Waals surface area contributed by atoms with Crippen LogP contribution in [-0.4, -0.2) is 75.3 Å². The number of nitrogens with zero attached hydrogens (tertiary/aromatic N) is 6. The number of hydrogen-bond acceptors (Lipinski definition) is 11. The summed E-state index contributed by atoms with van der Waals surface area (Å²) in [4.78, 5) is 26.8. The SMILES string of the molecule is C=CC(=O)N1C[C@H](Oc2cc(O[C@@H](C)[C@@H]3CCCN3C)nc(-c3noc([C@@]4(C)CCCc5sc(N)c(C#N)c54)n3)c2)[C@H]1C. The Labute approximate surface area is 255 Å². The van der Waals surface area contributed by atoms with Gasteiger partial charge in [-0.3, -0.25) is 9.69 Å². The number of amides is 1. The number of hydrogen-bond donors (Lipinski definition) is 1. The number of nitriles is 1. The quantitative estimate of drug-likeness (QED) is 0.370. The summed E-state index contributed by atoms with van der Waals surface area (Å²) in [7, 11) is 2.11. The molecule has 3 aliphatic rings. The Hall–Kier alpha value is -3.95. The number of ether oxygens (including phenoxy) is 2. The van der Waals surface area contributed by atoms with Crippen molar-refractivity contribution in [3.63, 3.8) is 0 Å². The number of nitrogen functional groups attached to an aromatic ring is 1. The van der Waals surface area contributed by atoms with Crippen LogP contribution in [0.15, 0.2) is 29.3 Å². The summed E-state index contributed by atoms with van der Waals surface area (Å²) >= 11 is 1.46. The van der Waals surface area contributed by atoms with E-state index in [0.29, 0.717) is 46.1 Å². The van der Waals surface area contributed by atoms with E-state index in [1.54, 1.807) is 17.0 Å². The van der Waals surface area contributed by atoms with Crippen LogP contribution in [0.3, 0.4) is 0 Å². The zero-order valence-electron chi connectivity index (χ0n) is 25.0. The Kier molecular flexibility index (Phi) is 7.64. The molecule has 5 atom stereocenters. The van der Waals surface area contributed by atoms with Gasteiger partial charge >= 0.3 is 0 Å². The van der Waals surface area contributed by atoms with Crippen molar-refractivity contribution in [1.82, 2.24) is 24.9 Å². The Morgan fingerprint density at radius 2 is 2.19 bits per heavy atom. The highest BCUT2D eigenvalue weighted by atomic mass is 32.1. The average molecular weight is 604 g/mol. The molecule has 12 heteroatoms. The number of fused-ring (bicyclic) bond motifs is 1. The Morgan fingerprint density at radius 1 is 1.37 bits per heavy atom. The van der Waals surface area contributed by atoms with Crippen LogP contribution in [0.1, 0.15) is 68.3 Å². The van der Waals surface area contributed by atoms with Gasteiger partial charge in [0, 0.05) is 28.6 Å². The third kappa shape index (κ3) is 5.14. The fourth-order valence-electron chi connectivity index (χ4n) is 6.68. The van der Waals surface area contributed by atoms with Crippen molar-refractivity contribution in [3.8, 4) is 29.2 Å². The normalized spacial score (nSPS) is 25.8. The van der Waals surface area contributed by atoms with Crippen molar-refractivity contribution in [2.24, 2.45) is 0 Å². The Morgan fingerprint density at radius 3 is 2.88 bits per heavy atom. The molecule has 2 aliphatic heterocycles.